The maximum atomic E-state index is 13.5. The van der Waals surface area contributed by atoms with E-state index in [1.807, 2.05) is 0 Å². The number of hydrogen-bond acceptors (Lipinski definition) is 2. The van der Waals surface area contributed by atoms with Gasteiger partial charge in [-0.05, 0) is 50.6 Å². The molecule has 158 valence electrons. The first-order valence-corrected chi connectivity index (χ1v) is 9.43. The van der Waals surface area contributed by atoms with E-state index >= 15 is 0 Å². The van der Waals surface area contributed by atoms with Crippen LogP contribution < -0.4 is 10.1 Å². The van der Waals surface area contributed by atoms with E-state index in [0.717, 1.165) is 11.6 Å². The third-order valence-corrected chi connectivity index (χ3v) is 5.26. The summed E-state index contributed by atoms with van der Waals surface area (Å²) in [4.78, 5) is 12.9. The van der Waals surface area contributed by atoms with E-state index in [1.54, 1.807) is 39.0 Å². The summed E-state index contributed by atoms with van der Waals surface area (Å²) in [5.74, 6) is -0.0750. The van der Waals surface area contributed by atoms with Crippen LogP contribution in [0.15, 0.2) is 42.5 Å². The van der Waals surface area contributed by atoms with E-state index in [4.69, 9.17) is 16.3 Å². The fourth-order valence-electron chi connectivity index (χ4n) is 3.39. The number of hydrogen-bond donors (Lipinski definition) is 1. The van der Waals surface area contributed by atoms with E-state index in [2.05, 4.69) is 5.32 Å². The predicted molar refractivity (Wildman–Crippen MR) is 111 cm³/mol. The molecule has 3 rings (SSSR count). The summed E-state index contributed by atoms with van der Waals surface area (Å²) in [7, 11) is 1.45. The summed E-state index contributed by atoms with van der Waals surface area (Å²) in [5, 5.41) is 3.26. The number of benzene rings is 2. The molecule has 0 saturated heterocycles. The molecule has 0 atom stereocenters. The Labute approximate surface area is 177 Å². The topological polar surface area (TPSA) is 43.3 Å². The van der Waals surface area contributed by atoms with Gasteiger partial charge in [0.1, 0.15) is 5.75 Å². The zero-order valence-corrected chi connectivity index (χ0v) is 17.6. The number of alkyl halides is 3. The van der Waals surface area contributed by atoms with Crippen molar-refractivity contribution in [3.63, 3.8) is 0 Å². The lowest BCUT2D eigenvalue weighted by Gasteiger charge is -2.17. The predicted octanol–water partition coefficient (Wildman–Crippen LogP) is 6.34. The number of anilines is 1. The van der Waals surface area contributed by atoms with Crippen molar-refractivity contribution < 1.29 is 22.7 Å². The summed E-state index contributed by atoms with van der Waals surface area (Å²) in [5.41, 5.74) is 1.54. The minimum absolute atomic E-state index is 0.0287. The lowest BCUT2D eigenvalue weighted by atomic mass is 10.1. The van der Waals surface area contributed by atoms with E-state index in [1.165, 1.54) is 29.9 Å². The summed E-state index contributed by atoms with van der Waals surface area (Å²) < 4.78 is 47.2. The average Bonchev–Trinajstić information content (AvgIpc) is 2.98. The highest BCUT2D eigenvalue weighted by molar-refractivity contribution is 6.31. The molecule has 0 fully saturated rings. The van der Waals surface area contributed by atoms with Crippen LogP contribution in [-0.4, -0.2) is 17.6 Å². The summed E-state index contributed by atoms with van der Waals surface area (Å²) >= 11 is 6.10. The van der Waals surface area contributed by atoms with Crippen LogP contribution in [0.4, 0.5) is 18.9 Å². The maximum Gasteiger partial charge on any atom is 0.418 e. The van der Waals surface area contributed by atoms with Crippen LogP contribution in [0.2, 0.25) is 5.02 Å². The number of nitrogens with one attached hydrogen (secondary N) is 1. The van der Waals surface area contributed by atoms with Gasteiger partial charge >= 0.3 is 6.18 Å². The second-order valence-corrected chi connectivity index (χ2v) is 7.30. The van der Waals surface area contributed by atoms with E-state index in [9.17, 15) is 18.0 Å². The first-order valence-electron chi connectivity index (χ1n) is 9.05. The van der Waals surface area contributed by atoms with Crippen LogP contribution in [-0.2, 0) is 6.18 Å². The van der Waals surface area contributed by atoms with Crippen LogP contribution in [0, 0.1) is 20.8 Å². The third kappa shape index (κ3) is 4.03. The highest BCUT2D eigenvalue weighted by atomic mass is 35.5. The van der Waals surface area contributed by atoms with E-state index < -0.39 is 17.6 Å². The van der Waals surface area contributed by atoms with Crippen molar-refractivity contribution in [3.8, 4) is 11.4 Å². The van der Waals surface area contributed by atoms with Gasteiger partial charge in [0.2, 0.25) is 0 Å². The largest absolute Gasteiger partial charge is 0.495 e. The molecule has 4 nitrogen and oxygen atoms in total. The van der Waals surface area contributed by atoms with Crippen molar-refractivity contribution in [2.24, 2.45) is 0 Å². The van der Waals surface area contributed by atoms with Crippen molar-refractivity contribution in [3.05, 3.63) is 75.6 Å². The Balaban J connectivity index is 2.04. The highest BCUT2D eigenvalue weighted by Gasteiger charge is 2.34. The highest BCUT2D eigenvalue weighted by Crippen LogP contribution is 2.36. The number of halogens is 4. The van der Waals surface area contributed by atoms with Crippen molar-refractivity contribution in [1.29, 1.82) is 0 Å². The number of para-hydroxylation sites is 1. The Morgan fingerprint density at radius 1 is 1.10 bits per heavy atom. The van der Waals surface area contributed by atoms with Gasteiger partial charge in [-0.25, -0.2) is 0 Å². The minimum Gasteiger partial charge on any atom is -0.495 e. The van der Waals surface area contributed by atoms with Crippen LogP contribution in [0.5, 0.6) is 5.75 Å². The van der Waals surface area contributed by atoms with Crippen molar-refractivity contribution in [2.75, 3.05) is 12.4 Å². The molecule has 0 unspecified atom stereocenters. The number of carbonyl (C=O) groups excluding carboxylic acids is 1. The molecule has 0 aliphatic heterocycles. The van der Waals surface area contributed by atoms with Gasteiger partial charge in [-0.3, -0.25) is 4.79 Å². The molecule has 0 radical (unpaired) electrons. The van der Waals surface area contributed by atoms with Gasteiger partial charge in [-0.2, -0.15) is 13.2 Å². The molecule has 2 aromatic carbocycles. The molecule has 1 N–H and O–H groups in total. The lowest BCUT2D eigenvalue weighted by Crippen LogP contribution is -2.15. The third-order valence-electron chi connectivity index (χ3n) is 4.86. The maximum absolute atomic E-state index is 13.5. The minimum atomic E-state index is -4.52. The molecule has 0 bridgehead atoms. The normalized spacial score (nSPS) is 11.5. The molecular formula is C22H20ClF3N2O2. The van der Waals surface area contributed by atoms with Gasteiger partial charge in [0.05, 0.1) is 29.6 Å². The van der Waals surface area contributed by atoms with Gasteiger partial charge in [0.25, 0.3) is 5.91 Å². The molecular weight excluding hydrogens is 417 g/mol. The monoisotopic (exact) mass is 436 g/mol. The zero-order valence-electron chi connectivity index (χ0n) is 16.8. The molecule has 1 heterocycles. The number of ether oxygens (including phenoxy) is 1. The quantitative estimate of drug-likeness (QED) is 0.519. The molecule has 3 aromatic rings. The number of rotatable bonds is 4. The molecule has 0 aliphatic rings. The van der Waals surface area contributed by atoms with Crippen molar-refractivity contribution in [2.45, 2.75) is 26.9 Å². The number of aromatic nitrogens is 1. The lowest BCUT2D eigenvalue weighted by molar-refractivity contribution is -0.137. The Kier molecular flexibility index (Phi) is 5.85. The van der Waals surface area contributed by atoms with Gasteiger partial charge in [0, 0.05) is 22.5 Å². The molecule has 1 aromatic heterocycles. The summed E-state index contributed by atoms with van der Waals surface area (Å²) in [6, 6.07) is 10.1. The average molecular weight is 437 g/mol. The van der Waals surface area contributed by atoms with Crippen molar-refractivity contribution >= 4 is 23.2 Å². The first-order chi connectivity index (χ1) is 14.0. The fourth-order valence-corrected chi connectivity index (χ4v) is 3.54. The van der Waals surface area contributed by atoms with E-state index in [-0.39, 0.29) is 11.3 Å². The number of carbonyl (C=O) groups is 1. The van der Waals surface area contributed by atoms with E-state index in [0.29, 0.717) is 27.8 Å². The number of nitrogens with zero attached hydrogens (tertiary/aromatic N) is 1. The van der Waals surface area contributed by atoms with Gasteiger partial charge in [-0.1, -0.05) is 23.7 Å². The molecule has 30 heavy (non-hydrogen) atoms. The fraction of sp³-hybridized carbons (Fsp3) is 0.227. The smallest absolute Gasteiger partial charge is 0.418 e. The molecule has 0 aliphatic carbocycles. The second-order valence-electron chi connectivity index (χ2n) is 6.89. The summed E-state index contributed by atoms with van der Waals surface area (Å²) in [6.45, 7) is 5.06. The first kappa shape index (κ1) is 21.8. The second kappa shape index (κ2) is 8.07. The SMILES string of the molecule is COc1cc(Cl)c(C)cc1NC(=O)c1cc(C)n(-c2ccccc2C(F)(F)F)c1C. The van der Waals surface area contributed by atoms with Crippen LogP contribution in [0.1, 0.15) is 32.9 Å². The molecule has 8 heteroatoms. The Hall–Kier alpha value is -2.93. The molecule has 1 amide bonds. The van der Waals surface area contributed by atoms with Crippen molar-refractivity contribution in [1.82, 2.24) is 4.57 Å². The molecule has 0 spiro atoms. The Morgan fingerprint density at radius 2 is 1.77 bits per heavy atom. The van der Waals surface area contributed by atoms with Gasteiger partial charge in [-0.15, -0.1) is 0 Å². The van der Waals surface area contributed by atoms with Crippen LogP contribution in [0.25, 0.3) is 5.69 Å². The zero-order chi connectivity index (χ0) is 22.2. The Morgan fingerprint density at radius 3 is 2.40 bits per heavy atom. The number of methoxy groups -OCH3 is 1. The van der Waals surface area contributed by atoms with Crippen LogP contribution >= 0.6 is 11.6 Å². The number of aryl methyl sites for hydroxylation is 2. The standard InChI is InChI=1S/C22H20ClF3N2O2/c1-12-9-18(20(30-4)11-17(12)23)27-21(29)15-10-13(2)28(14(15)3)19-8-6-5-7-16(19)22(24,25)26/h5-11H,1-4H3,(H,27,29). The van der Waals surface area contributed by atoms with Crippen LogP contribution in [0.3, 0.4) is 0 Å². The molecule has 0 saturated carbocycles. The number of amides is 1. The summed E-state index contributed by atoms with van der Waals surface area (Å²) in [6.07, 6.45) is -4.52. The van der Waals surface area contributed by atoms with Gasteiger partial charge in [0.15, 0.2) is 0 Å². The Bertz CT molecular complexity index is 1120. The van der Waals surface area contributed by atoms with Gasteiger partial charge < -0.3 is 14.6 Å².